The van der Waals surface area contributed by atoms with Crippen molar-refractivity contribution in [3.8, 4) is 5.75 Å². The van der Waals surface area contributed by atoms with E-state index in [0.29, 0.717) is 24.6 Å². The molecule has 2 aliphatic rings. The number of alkyl halides is 2. The lowest BCUT2D eigenvalue weighted by molar-refractivity contribution is -0.0139. The zero-order valence-electron chi connectivity index (χ0n) is 15.9. The fourth-order valence-electron chi connectivity index (χ4n) is 4.08. The molecule has 3 N–H and O–H groups in total. The van der Waals surface area contributed by atoms with Crippen LogP contribution in [0.2, 0.25) is 0 Å². The first-order valence-corrected chi connectivity index (χ1v) is 9.53. The molecule has 30 heavy (non-hydrogen) atoms. The van der Waals surface area contributed by atoms with Crippen molar-refractivity contribution in [2.24, 2.45) is 0 Å². The Bertz CT molecular complexity index is 981. The molecule has 1 aliphatic carbocycles. The third kappa shape index (κ3) is 3.58. The van der Waals surface area contributed by atoms with Gasteiger partial charge in [-0.3, -0.25) is 0 Å². The van der Waals surface area contributed by atoms with Gasteiger partial charge in [-0.25, -0.2) is 22.4 Å². The number of fused-ring (bicyclic) bond motifs is 2. The number of benzene rings is 2. The van der Waals surface area contributed by atoms with Crippen molar-refractivity contribution in [3.05, 3.63) is 58.7 Å². The van der Waals surface area contributed by atoms with Crippen LogP contribution in [-0.2, 0) is 6.42 Å². The second-order valence-corrected chi connectivity index (χ2v) is 7.64. The summed E-state index contributed by atoms with van der Waals surface area (Å²) in [4.78, 5) is 12.6. The van der Waals surface area contributed by atoms with Gasteiger partial charge in [-0.15, -0.1) is 0 Å². The Balaban J connectivity index is 1.60. The Morgan fingerprint density at radius 2 is 1.97 bits per heavy atom. The number of carbonyl (C=O) groups is 1. The second-order valence-electron chi connectivity index (χ2n) is 7.64. The summed E-state index contributed by atoms with van der Waals surface area (Å²) in [6.45, 7) is -2.49. The molecule has 2 atom stereocenters. The third-order valence-corrected chi connectivity index (χ3v) is 5.59. The smallest absolute Gasteiger partial charge is 0.319 e. The largest absolute Gasteiger partial charge is 0.478 e. The van der Waals surface area contributed by atoms with Crippen LogP contribution in [0.3, 0.4) is 0 Å². The number of halogens is 4. The minimum absolute atomic E-state index is 0.0334. The molecule has 0 aromatic heterocycles. The van der Waals surface area contributed by atoms with Crippen LogP contribution in [0.4, 0.5) is 28.0 Å². The number of aliphatic hydroxyl groups excluding tert-OH is 1. The number of hydrogen-bond acceptors (Lipinski definition) is 3. The van der Waals surface area contributed by atoms with Gasteiger partial charge in [0.05, 0.1) is 12.1 Å². The summed E-state index contributed by atoms with van der Waals surface area (Å²) >= 11 is 0. The van der Waals surface area contributed by atoms with Crippen LogP contribution in [0.15, 0.2) is 30.3 Å². The summed E-state index contributed by atoms with van der Waals surface area (Å²) in [6, 6.07) is 4.87. The number of rotatable bonds is 4. The highest BCUT2D eigenvalue weighted by molar-refractivity contribution is 5.90. The first kappa shape index (κ1) is 20.5. The summed E-state index contributed by atoms with van der Waals surface area (Å²) in [5.41, 5.74) is 0.00550. The first-order chi connectivity index (χ1) is 14.4. The molecule has 2 aromatic rings. The Labute approximate surface area is 170 Å². The molecule has 0 fully saturated rings. The minimum Gasteiger partial charge on any atom is -0.478 e. The number of aliphatic hydroxyl groups is 1. The van der Waals surface area contributed by atoms with Crippen molar-refractivity contribution in [1.82, 2.24) is 5.32 Å². The Morgan fingerprint density at radius 1 is 1.20 bits per heavy atom. The summed E-state index contributed by atoms with van der Waals surface area (Å²) in [5, 5.41) is 15.2. The predicted molar refractivity (Wildman–Crippen MR) is 101 cm³/mol. The molecular formula is C21H20F4N2O3. The molecule has 0 spiro atoms. The fraction of sp³-hybridized carbons (Fsp3) is 0.381. The van der Waals surface area contributed by atoms with Gasteiger partial charge in [-0.2, -0.15) is 0 Å². The number of carbonyl (C=O) groups excluding carboxylic acids is 1. The van der Waals surface area contributed by atoms with Crippen LogP contribution in [-0.4, -0.2) is 30.1 Å². The summed E-state index contributed by atoms with van der Waals surface area (Å²) in [5.74, 6) is -2.48. The van der Waals surface area contributed by atoms with Crippen molar-refractivity contribution in [1.29, 1.82) is 0 Å². The van der Waals surface area contributed by atoms with Gasteiger partial charge in [0, 0.05) is 23.7 Å². The van der Waals surface area contributed by atoms with Gasteiger partial charge in [0.2, 0.25) is 0 Å². The number of amides is 2. The van der Waals surface area contributed by atoms with E-state index in [2.05, 4.69) is 10.6 Å². The fourth-order valence-corrected chi connectivity index (χ4v) is 4.08. The maximum atomic E-state index is 14.2. The molecule has 5 nitrogen and oxygen atoms in total. The summed E-state index contributed by atoms with van der Waals surface area (Å²) < 4.78 is 60.3. The van der Waals surface area contributed by atoms with E-state index < -0.39 is 54.5 Å². The van der Waals surface area contributed by atoms with Crippen molar-refractivity contribution in [2.45, 2.75) is 37.0 Å². The standard InChI is InChI=1S/C21H20F4N2O3/c22-9-21(10-23)8-17(14-6-11(24)7-15(25)19(14)30-21)27-20(29)26-16-3-1-2-13-12(16)4-5-18(13)28/h1-3,6-7,17-18,28H,4-5,8-10H2,(H2,26,27,29)/t17-,18?/m1/s1. The SMILES string of the molecule is O=C(Nc1cccc2c1CCC2O)N[C@@H]1CC(CF)(CF)Oc2c(F)cc(F)cc21. The second kappa shape index (κ2) is 7.79. The van der Waals surface area contributed by atoms with Crippen LogP contribution in [0.5, 0.6) is 5.75 Å². The van der Waals surface area contributed by atoms with E-state index >= 15 is 0 Å². The topological polar surface area (TPSA) is 70.6 Å². The quantitative estimate of drug-likeness (QED) is 0.642. The van der Waals surface area contributed by atoms with Gasteiger partial charge in [0.1, 0.15) is 19.2 Å². The van der Waals surface area contributed by atoms with Crippen molar-refractivity contribution < 1.29 is 32.2 Å². The molecule has 0 radical (unpaired) electrons. The Morgan fingerprint density at radius 3 is 2.70 bits per heavy atom. The number of nitrogens with one attached hydrogen (secondary N) is 2. The molecule has 0 bridgehead atoms. The summed E-state index contributed by atoms with van der Waals surface area (Å²) in [7, 11) is 0. The molecule has 1 unspecified atom stereocenters. The molecular weight excluding hydrogens is 404 g/mol. The minimum atomic E-state index is -1.97. The Kier molecular flexibility index (Phi) is 5.31. The van der Waals surface area contributed by atoms with E-state index in [1.165, 1.54) is 0 Å². The predicted octanol–water partition coefficient (Wildman–Crippen LogP) is 4.27. The monoisotopic (exact) mass is 424 g/mol. The van der Waals surface area contributed by atoms with Gasteiger partial charge >= 0.3 is 6.03 Å². The maximum absolute atomic E-state index is 14.2. The Hall–Kier alpha value is -2.81. The lowest BCUT2D eigenvalue weighted by atomic mass is 9.88. The average molecular weight is 424 g/mol. The van der Waals surface area contributed by atoms with Crippen molar-refractivity contribution >= 4 is 11.7 Å². The van der Waals surface area contributed by atoms with Crippen LogP contribution in [0.1, 0.15) is 41.7 Å². The molecule has 0 saturated carbocycles. The van der Waals surface area contributed by atoms with E-state index in [-0.39, 0.29) is 12.0 Å². The summed E-state index contributed by atoms with van der Waals surface area (Å²) in [6.07, 6.45) is 0.176. The molecule has 0 saturated heterocycles. The van der Waals surface area contributed by atoms with Gasteiger partial charge in [-0.1, -0.05) is 12.1 Å². The van der Waals surface area contributed by atoms with Crippen LogP contribution < -0.4 is 15.4 Å². The molecule has 4 rings (SSSR count). The van der Waals surface area contributed by atoms with Gasteiger partial charge < -0.3 is 20.5 Å². The third-order valence-electron chi connectivity index (χ3n) is 5.59. The molecule has 2 amide bonds. The highest BCUT2D eigenvalue weighted by Crippen LogP contribution is 2.42. The maximum Gasteiger partial charge on any atom is 0.319 e. The van der Waals surface area contributed by atoms with E-state index in [1.54, 1.807) is 18.2 Å². The molecule has 1 heterocycles. The van der Waals surface area contributed by atoms with Crippen LogP contribution in [0, 0.1) is 11.6 Å². The van der Waals surface area contributed by atoms with E-state index in [0.717, 1.165) is 17.2 Å². The van der Waals surface area contributed by atoms with E-state index in [4.69, 9.17) is 4.74 Å². The number of anilines is 1. The zero-order valence-corrected chi connectivity index (χ0v) is 15.9. The van der Waals surface area contributed by atoms with E-state index in [9.17, 15) is 27.5 Å². The highest BCUT2D eigenvalue weighted by atomic mass is 19.1. The lowest BCUT2D eigenvalue weighted by Gasteiger charge is -2.39. The van der Waals surface area contributed by atoms with Gasteiger partial charge in [0.25, 0.3) is 0 Å². The number of hydrogen-bond donors (Lipinski definition) is 3. The van der Waals surface area contributed by atoms with Crippen LogP contribution >= 0.6 is 0 Å². The molecule has 160 valence electrons. The van der Waals surface area contributed by atoms with Crippen LogP contribution in [0.25, 0.3) is 0 Å². The van der Waals surface area contributed by atoms with Gasteiger partial charge in [-0.05, 0) is 36.1 Å². The molecule has 2 aromatic carbocycles. The first-order valence-electron chi connectivity index (χ1n) is 9.53. The average Bonchev–Trinajstić information content (AvgIpc) is 3.10. The van der Waals surface area contributed by atoms with Crippen molar-refractivity contribution in [3.63, 3.8) is 0 Å². The van der Waals surface area contributed by atoms with E-state index in [1.807, 2.05) is 0 Å². The number of urea groups is 1. The lowest BCUT2D eigenvalue weighted by Crippen LogP contribution is -2.49. The van der Waals surface area contributed by atoms with Gasteiger partial charge in [0.15, 0.2) is 17.2 Å². The molecule has 1 aliphatic heterocycles. The van der Waals surface area contributed by atoms with Crippen molar-refractivity contribution in [2.75, 3.05) is 18.7 Å². The highest BCUT2D eigenvalue weighted by Gasteiger charge is 2.44. The molecule has 9 heteroatoms. The zero-order chi connectivity index (χ0) is 21.5. The number of ether oxygens (including phenoxy) is 1. The normalized spacial score (nSPS) is 21.4.